The Bertz CT molecular complexity index is 553. The number of rotatable bonds is 6. The van der Waals surface area contributed by atoms with Gasteiger partial charge in [0.1, 0.15) is 11.3 Å². The molecule has 0 saturated carbocycles. The molecule has 1 N–H and O–H groups in total. The highest BCUT2D eigenvalue weighted by atomic mass is 16.3. The van der Waals surface area contributed by atoms with E-state index in [2.05, 4.69) is 50.4 Å². The Kier molecular flexibility index (Phi) is 4.80. The van der Waals surface area contributed by atoms with Crippen molar-refractivity contribution in [2.24, 2.45) is 0 Å². The van der Waals surface area contributed by atoms with Crippen molar-refractivity contribution in [1.29, 1.82) is 0 Å². The van der Waals surface area contributed by atoms with Gasteiger partial charge in [-0.05, 0) is 39.3 Å². The van der Waals surface area contributed by atoms with Crippen LogP contribution >= 0.6 is 0 Å². The molecule has 2 aromatic rings. The van der Waals surface area contributed by atoms with E-state index in [1.165, 1.54) is 10.9 Å². The number of allylic oxidation sites excluding steroid dienone is 1. The smallest absolute Gasteiger partial charge is 0.134 e. The minimum absolute atomic E-state index is 0.257. The molecule has 0 bridgehead atoms. The second kappa shape index (κ2) is 6.58. The van der Waals surface area contributed by atoms with Crippen molar-refractivity contribution in [3.05, 3.63) is 47.7 Å². The topological polar surface area (TPSA) is 25.2 Å². The second-order valence-corrected chi connectivity index (χ2v) is 4.83. The quantitative estimate of drug-likeness (QED) is 0.603. The fourth-order valence-corrected chi connectivity index (χ4v) is 2.47. The second-order valence-electron chi connectivity index (χ2n) is 4.83. The largest absolute Gasteiger partial charge is 0.459 e. The maximum atomic E-state index is 6.03. The van der Waals surface area contributed by atoms with Crippen LogP contribution in [0.25, 0.3) is 11.0 Å². The van der Waals surface area contributed by atoms with Crippen LogP contribution in [0.15, 0.2) is 40.8 Å². The summed E-state index contributed by atoms with van der Waals surface area (Å²) >= 11 is 0. The monoisotopic (exact) mass is 257 g/mol. The summed E-state index contributed by atoms with van der Waals surface area (Å²) in [6.45, 7) is 7.39. The SMILES string of the molecule is C/C=C/CCNC(C)c1oc2ccccc2c1CC. The highest BCUT2D eigenvalue weighted by molar-refractivity contribution is 5.82. The Balaban J connectivity index is 2.18. The Morgan fingerprint density at radius 3 is 2.84 bits per heavy atom. The van der Waals surface area contributed by atoms with Gasteiger partial charge in [-0.3, -0.25) is 0 Å². The molecule has 19 heavy (non-hydrogen) atoms. The summed E-state index contributed by atoms with van der Waals surface area (Å²) in [6, 6.07) is 8.55. The van der Waals surface area contributed by atoms with Gasteiger partial charge in [-0.15, -0.1) is 0 Å². The highest BCUT2D eigenvalue weighted by Crippen LogP contribution is 2.30. The zero-order chi connectivity index (χ0) is 13.7. The van der Waals surface area contributed by atoms with Gasteiger partial charge in [0.25, 0.3) is 0 Å². The summed E-state index contributed by atoms with van der Waals surface area (Å²) in [7, 11) is 0. The van der Waals surface area contributed by atoms with E-state index in [-0.39, 0.29) is 6.04 Å². The van der Waals surface area contributed by atoms with Gasteiger partial charge in [0.2, 0.25) is 0 Å². The van der Waals surface area contributed by atoms with E-state index in [0.717, 1.165) is 30.7 Å². The third-order valence-electron chi connectivity index (χ3n) is 3.47. The van der Waals surface area contributed by atoms with E-state index < -0.39 is 0 Å². The van der Waals surface area contributed by atoms with Crippen molar-refractivity contribution in [2.75, 3.05) is 6.54 Å². The van der Waals surface area contributed by atoms with Gasteiger partial charge in [0.15, 0.2) is 0 Å². The van der Waals surface area contributed by atoms with Crippen LogP contribution in [0.1, 0.15) is 44.6 Å². The third-order valence-corrected chi connectivity index (χ3v) is 3.47. The Labute approximate surface area is 115 Å². The Hall–Kier alpha value is -1.54. The summed E-state index contributed by atoms with van der Waals surface area (Å²) in [4.78, 5) is 0. The lowest BCUT2D eigenvalue weighted by Gasteiger charge is -2.12. The average Bonchev–Trinajstić information content (AvgIpc) is 2.82. The van der Waals surface area contributed by atoms with Crippen LogP contribution < -0.4 is 5.32 Å². The molecule has 1 unspecified atom stereocenters. The third kappa shape index (κ3) is 3.07. The van der Waals surface area contributed by atoms with Crippen LogP contribution in [-0.2, 0) is 6.42 Å². The fourth-order valence-electron chi connectivity index (χ4n) is 2.47. The molecule has 1 heterocycles. The van der Waals surface area contributed by atoms with Crippen molar-refractivity contribution in [3.63, 3.8) is 0 Å². The number of nitrogens with one attached hydrogen (secondary N) is 1. The normalized spacial score (nSPS) is 13.4. The number of hydrogen-bond donors (Lipinski definition) is 1. The van der Waals surface area contributed by atoms with Gasteiger partial charge in [0.05, 0.1) is 6.04 Å². The van der Waals surface area contributed by atoms with E-state index in [1.807, 2.05) is 12.1 Å². The number of benzene rings is 1. The molecule has 0 fully saturated rings. The molecule has 1 atom stereocenters. The molecule has 0 spiro atoms. The number of aryl methyl sites for hydroxylation is 1. The van der Waals surface area contributed by atoms with Crippen molar-refractivity contribution >= 4 is 11.0 Å². The summed E-state index contributed by atoms with van der Waals surface area (Å²) in [5.74, 6) is 1.09. The average molecular weight is 257 g/mol. The molecule has 2 rings (SSSR count). The van der Waals surface area contributed by atoms with Gasteiger partial charge >= 0.3 is 0 Å². The lowest BCUT2D eigenvalue weighted by atomic mass is 10.1. The predicted molar refractivity (Wildman–Crippen MR) is 81.4 cm³/mol. The molecule has 2 nitrogen and oxygen atoms in total. The summed E-state index contributed by atoms with van der Waals surface area (Å²) in [6.07, 6.45) is 6.33. The first-order valence-electron chi connectivity index (χ1n) is 7.12. The van der Waals surface area contributed by atoms with E-state index in [1.54, 1.807) is 0 Å². The van der Waals surface area contributed by atoms with Crippen molar-refractivity contribution in [2.45, 2.75) is 39.7 Å². The van der Waals surface area contributed by atoms with Crippen molar-refractivity contribution in [3.8, 4) is 0 Å². The van der Waals surface area contributed by atoms with Crippen molar-refractivity contribution < 1.29 is 4.42 Å². The number of hydrogen-bond acceptors (Lipinski definition) is 2. The number of furan rings is 1. The van der Waals surface area contributed by atoms with Gasteiger partial charge in [0, 0.05) is 10.9 Å². The highest BCUT2D eigenvalue weighted by Gasteiger charge is 2.17. The van der Waals surface area contributed by atoms with Gasteiger partial charge in [-0.2, -0.15) is 0 Å². The molecule has 102 valence electrons. The van der Waals surface area contributed by atoms with Crippen molar-refractivity contribution in [1.82, 2.24) is 5.32 Å². The first-order valence-corrected chi connectivity index (χ1v) is 7.12. The van der Waals surface area contributed by atoms with E-state index >= 15 is 0 Å². The standard InChI is InChI=1S/C17H23NO/c1-4-6-9-12-18-13(3)17-14(5-2)15-10-7-8-11-16(15)19-17/h4,6-8,10-11,13,18H,5,9,12H2,1-3H3/b6-4+. The number of para-hydroxylation sites is 1. The zero-order valence-electron chi connectivity index (χ0n) is 12.1. The van der Waals surface area contributed by atoms with Crippen LogP contribution in [0.3, 0.4) is 0 Å². The lowest BCUT2D eigenvalue weighted by molar-refractivity contribution is 0.449. The van der Waals surface area contributed by atoms with Crippen LogP contribution in [0.5, 0.6) is 0 Å². The van der Waals surface area contributed by atoms with Crippen LogP contribution in [0, 0.1) is 0 Å². The van der Waals surface area contributed by atoms with Gasteiger partial charge in [-0.1, -0.05) is 37.3 Å². The summed E-state index contributed by atoms with van der Waals surface area (Å²) in [5.41, 5.74) is 2.33. The maximum absolute atomic E-state index is 6.03. The first-order chi connectivity index (χ1) is 9.27. The molecule has 1 aromatic heterocycles. The molecule has 0 aliphatic carbocycles. The molecule has 0 aliphatic rings. The van der Waals surface area contributed by atoms with Crippen LogP contribution in [0.2, 0.25) is 0 Å². The zero-order valence-corrected chi connectivity index (χ0v) is 12.1. The van der Waals surface area contributed by atoms with E-state index in [9.17, 15) is 0 Å². The lowest BCUT2D eigenvalue weighted by Crippen LogP contribution is -2.19. The molecule has 0 aliphatic heterocycles. The minimum atomic E-state index is 0.257. The van der Waals surface area contributed by atoms with E-state index in [0.29, 0.717) is 0 Å². The fraction of sp³-hybridized carbons (Fsp3) is 0.412. The van der Waals surface area contributed by atoms with Crippen LogP contribution in [0.4, 0.5) is 0 Å². The van der Waals surface area contributed by atoms with Gasteiger partial charge in [-0.25, -0.2) is 0 Å². The first kappa shape index (κ1) is 13.9. The predicted octanol–water partition coefficient (Wildman–Crippen LogP) is 4.61. The molecule has 1 aromatic carbocycles. The summed E-state index contributed by atoms with van der Waals surface area (Å²) < 4.78 is 6.03. The minimum Gasteiger partial charge on any atom is -0.459 e. The molecule has 2 heteroatoms. The van der Waals surface area contributed by atoms with Gasteiger partial charge < -0.3 is 9.73 Å². The summed E-state index contributed by atoms with van der Waals surface area (Å²) in [5, 5.41) is 4.78. The number of fused-ring (bicyclic) bond motifs is 1. The Morgan fingerprint density at radius 2 is 2.11 bits per heavy atom. The molecular formula is C17H23NO. The molecule has 0 radical (unpaired) electrons. The van der Waals surface area contributed by atoms with Crippen LogP contribution in [-0.4, -0.2) is 6.54 Å². The maximum Gasteiger partial charge on any atom is 0.134 e. The van der Waals surface area contributed by atoms with E-state index in [4.69, 9.17) is 4.42 Å². The molecule has 0 saturated heterocycles. The molecule has 0 amide bonds. The molecular weight excluding hydrogens is 234 g/mol. The Morgan fingerprint density at radius 1 is 1.32 bits per heavy atom.